The van der Waals surface area contributed by atoms with Crippen molar-refractivity contribution in [3.8, 4) is 0 Å². The lowest BCUT2D eigenvalue weighted by Crippen LogP contribution is -2.23. The average molecular weight is 266 g/mol. The zero-order chi connectivity index (χ0) is 14.4. The molecule has 0 atom stereocenters. The van der Waals surface area contributed by atoms with E-state index in [0.717, 1.165) is 19.5 Å². The second-order valence-corrected chi connectivity index (χ2v) is 5.03. The van der Waals surface area contributed by atoms with E-state index in [1.54, 1.807) is 0 Å². The molecule has 19 heavy (non-hydrogen) atoms. The van der Waals surface area contributed by atoms with Gasteiger partial charge in [-0.05, 0) is 12.3 Å². The molecule has 1 heterocycles. The molecule has 1 aromatic rings. The first-order valence-corrected chi connectivity index (χ1v) is 6.55. The maximum absolute atomic E-state index is 11.0. The summed E-state index contributed by atoms with van der Waals surface area (Å²) in [7, 11) is 1.90. The van der Waals surface area contributed by atoms with Crippen molar-refractivity contribution in [3.05, 3.63) is 22.2 Å². The highest BCUT2D eigenvalue weighted by molar-refractivity contribution is 5.55. The fraction of sp³-hybridized carbons (Fsp3) is 0.615. The lowest BCUT2D eigenvalue weighted by Gasteiger charge is -2.20. The third kappa shape index (κ3) is 4.73. The normalized spacial score (nSPS) is 10.6. The van der Waals surface area contributed by atoms with E-state index in [-0.39, 0.29) is 10.6 Å². The lowest BCUT2D eigenvalue weighted by molar-refractivity contribution is -0.384. The maximum atomic E-state index is 11.0. The van der Waals surface area contributed by atoms with Gasteiger partial charge in [0, 0.05) is 20.1 Å². The summed E-state index contributed by atoms with van der Waals surface area (Å²) in [4.78, 5) is 16.9. The predicted molar refractivity (Wildman–Crippen MR) is 77.8 cm³/mol. The summed E-state index contributed by atoms with van der Waals surface area (Å²) >= 11 is 0. The molecule has 0 spiro atoms. The largest absolute Gasteiger partial charge is 0.370 e. The van der Waals surface area contributed by atoms with Gasteiger partial charge in [0.25, 0.3) is 5.69 Å². The number of anilines is 2. The Morgan fingerprint density at radius 1 is 1.47 bits per heavy atom. The number of nitro groups is 1. The van der Waals surface area contributed by atoms with Gasteiger partial charge < -0.3 is 10.2 Å². The average Bonchev–Trinajstić information content (AvgIpc) is 2.35. The minimum Gasteiger partial charge on any atom is -0.370 e. The summed E-state index contributed by atoms with van der Waals surface area (Å²) in [5, 5.41) is 14.1. The summed E-state index contributed by atoms with van der Waals surface area (Å²) in [6.07, 6.45) is 0.946. The van der Waals surface area contributed by atoms with Crippen LogP contribution in [0.5, 0.6) is 0 Å². The molecule has 6 nitrogen and oxygen atoms in total. The van der Waals surface area contributed by atoms with E-state index in [9.17, 15) is 10.1 Å². The number of nitrogens with zero attached hydrogens (tertiary/aromatic N) is 3. The minimum absolute atomic E-state index is 0.0687. The fourth-order valence-corrected chi connectivity index (χ4v) is 1.79. The first-order valence-electron chi connectivity index (χ1n) is 6.55. The molecule has 1 rings (SSSR count). The van der Waals surface area contributed by atoms with Gasteiger partial charge in [0.15, 0.2) is 0 Å². The van der Waals surface area contributed by atoms with Crippen LogP contribution in [0.2, 0.25) is 0 Å². The second-order valence-electron chi connectivity index (χ2n) is 5.03. The second kappa shape index (κ2) is 6.92. The summed E-state index contributed by atoms with van der Waals surface area (Å²) in [6, 6.07) is 2.99. The molecule has 6 heteroatoms. The van der Waals surface area contributed by atoms with Crippen molar-refractivity contribution in [3.63, 3.8) is 0 Å². The Bertz CT molecular complexity index is 435. The van der Waals surface area contributed by atoms with Crippen LogP contribution >= 0.6 is 0 Å². The first-order chi connectivity index (χ1) is 8.93. The van der Waals surface area contributed by atoms with E-state index < -0.39 is 0 Å². The van der Waals surface area contributed by atoms with E-state index >= 15 is 0 Å². The Kier molecular flexibility index (Phi) is 5.54. The van der Waals surface area contributed by atoms with Crippen LogP contribution in [0.3, 0.4) is 0 Å². The Labute approximate surface area is 114 Å². The molecule has 0 aromatic carbocycles. The predicted octanol–water partition coefficient (Wildman–Crippen LogP) is 2.90. The Morgan fingerprint density at radius 3 is 2.68 bits per heavy atom. The standard InChI is InChI=1S/C13H22N4O2/c1-5-6-14-12-7-11(17(18)19)8-13(15-12)16(4)9-10(2)3/h7-8,10H,5-6,9H2,1-4H3,(H,14,15). The number of nitrogens with one attached hydrogen (secondary N) is 1. The van der Waals surface area contributed by atoms with Crippen LogP contribution in [0.25, 0.3) is 0 Å². The van der Waals surface area contributed by atoms with Crippen molar-refractivity contribution in [2.24, 2.45) is 5.92 Å². The van der Waals surface area contributed by atoms with Crippen LogP contribution in [0.15, 0.2) is 12.1 Å². The Hall–Kier alpha value is -1.85. The number of hydrogen-bond donors (Lipinski definition) is 1. The van der Waals surface area contributed by atoms with Gasteiger partial charge in [-0.2, -0.15) is 0 Å². The summed E-state index contributed by atoms with van der Waals surface area (Å²) < 4.78 is 0. The molecular formula is C13H22N4O2. The van der Waals surface area contributed by atoms with E-state index in [1.807, 2.05) is 18.9 Å². The van der Waals surface area contributed by atoms with Crippen molar-refractivity contribution in [1.29, 1.82) is 0 Å². The number of hydrogen-bond acceptors (Lipinski definition) is 5. The molecule has 0 unspecified atom stereocenters. The lowest BCUT2D eigenvalue weighted by atomic mass is 10.2. The van der Waals surface area contributed by atoms with Gasteiger partial charge in [-0.25, -0.2) is 4.98 Å². The molecule has 0 amide bonds. The highest BCUT2D eigenvalue weighted by Crippen LogP contribution is 2.23. The van der Waals surface area contributed by atoms with Crippen molar-refractivity contribution in [1.82, 2.24) is 4.98 Å². The molecule has 0 fully saturated rings. The topological polar surface area (TPSA) is 71.3 Å². The maximum Gasteiger partial charge on any atom is 0.276 e. The molecule has 0 aliphatic rings. The first kappa shape index (κ1) is 15.2. The van der Waals surface area contributed by atoms with Gasteiger partial charge >= 0.3 is 0 Å². The van der Waals surface area contributed by atoms with Gasteiger partial charge in [0.2, 0.25) is 0 Å². The highest BCUT2D eigenvalue weighted by Gasteiger charge is 2.14. The van der Waals surface area contributed by atoms with E-state index in [2.05, 4.69) is 24.1 Å². The highest BCUT2D eigenvalue weighted by atomic mass is 16.6. The van der Waals surface area contributed by atoms with Gasteiger partial charge in [-0.3, -0.25) is 10.1 Å². The quantitative estimate of drug-likeness (QED) is 0.607. The van der Waals surface area contributed by atoms with Crippen molar-refractivity contribution in [2.75, 3.05) is 30.4 Å². The number of aromatic nitrogens is 1. The third-order valence-corrected chi connectivity index (χ3v) is 2.59. The van der Waals surface area contributed by atoms with Crippen molar-refractivity contribution in [2.45, 2.75) is 27.2 Å². The molecule has 0 aliphatic carbocycles. The van der Waals surface area contributed by atoms with E-state index in [0.29, 0.717) is 17.6 Å². The molecule has 0 saturated carbocycles. The van der Waals surface area contributed by atoms with Gasteiger partial charge in [0.1, 0.15) is 11.6 Å². The van der Waals surface area contributed by atoms with Gasteiger partial charge in [-0.15, -0.1) is 0 Å². The molecule has 0 radical (unpaired) electrons. The summed E-state index contributed by atoms with van der Waals surface area (Å²) in [6.45, 7) is 7.80. The van der Waals surface area contributed by atoms with E-state index in [4.69, 9.17) is 0 Å². The number of pyridine rings is 1. The monoisotopic (exact) mass is 266 g/mol. The van der Waals surface area contributed by atoms with Crippen LogP contribution in [0, 0.1) is 16.0 Å². The Morgan fingerprint density at radius 2 is 2.16 bits per heavy atom. The van der Waals surface area contributed by atoms with Crippen LogP contribution in [-0.4, -0.2) is 30.0 Å². The van der Waals surface area contributed by atoms with Gasteiger partial charge in [-0.1, -0.05) is 20.8 Å². The fourth-order valence-electron chi connectivity index (χ4n) is 1.79. The molecule has 0 bridgehead atoms. The molecule has 1 aromatic heterocycles. The molecule has 0 aliphatic heterocycles. The minimum atomic E-state index is -0.383. The molecular weight excluding hydrogens is 244 g/mol. The van der Waals surface area contributed by atoms with Crippen LogP contribution in [0.4, 0.5) is 17.3 Å². The zero-order valence-corrected chi connectivity index (χ0v) is 12.0. The van der Waals surface area contributed by atoms with Crippen LogP contribution in [0.1, 0.15) is 27.2 Å². The molecule has 1 N–H and O–H groups in total. The van der Waals surface area contributed by atoms with Crippen LogP contribution in [-0.2, 0) is 0 Å². The smallest absolute Gasteiger partial charge is 0.276 e. The van der Waals surface area contributed by atoms with Crippen molar-refractivity contribution >= 4 is 17.3 Å². The van der Waals surface area contributed by atoms with Crippen molar-refractivity contribution < 1.29 is 4.92 Å². The molecule has 106 valence electrons. The van der Waals surface area contributed by atoms with Gasteiger partial charge in [0.05, 0.1) is 17.1 Å². The van der Waals surface area contributed by atoms with Crippen LogP contribution < -0.4 is 10.2 Å². The zero-order valence-electron chi connectivity index (χ0n) is 12.0. The summed E-state index contributed by atoms with van der Waals surface area (Å²) in [5.74, 6) is 1.65. The Balaban J connectivity index is 3.01. The third-order valence-electron chi connectivity index (χ3n) is 2.59. The summed E-state index contributed by atoms with van der Waals surface area (Å²) in [5.41, 5.74) is 0.0687. The molecule has 0 saturated heterocycles. The number of rotatable bonds is 7. The SMILES string of the molecule is CCCNc1cc([N+](=O)[O-])cc(N(C)CC(C)C)n1. The van der Waals surface area contributed by atoms with E-state index in [1.165, 1.54) is 12.1 Å².